The zero-order chi connectivity index (χ0) is 16.6. The van der Waals surface area contributed by atoms with E-state index in [2.05, 4.69) is 0 Å². The van der Waals surface area contributed by atoms with Crippen molar-refractivity contribution in [2.24, 2.45) is 0 Å². The number of aliphatic hydroxyl groups is 1. The van der Waals surface area contributed by atoms with E-state index in [-0.39, 0.29) is 28.9 Å². The van der Waals surface area contributed by atoms with Crippen LogP contribution in [0, 0.1) is 5.82 Å². The number of carboxylic acid groups (broad SMARTS) is 1. The van der Waals surface area contributed by atoms with Gasteiger partial charge in [0.2, 0.25) is 0 Å². The summed E-state index contributed by atoms with van der Waals surface area (Å²) in [6, 6.07) is 10.1. The highest BCUT2D eigenvalue weighted by Gasteiger charge is 2.43. The lowest BCUT2D eigenvalue weighted by Gasteiger charge is -2.14. The maximum absolute atomic E-state index is 14.6. The van der Waals surface area contributed by atoms with E-state index in [1.807, 2.05) is 12.1 Å². The summed E-state index contributed by atoms with van der Waals surface area (Å²) in [5, 5.41) is 18.5. The Labute approximate surface area is 133 Å². The SMILES string of the molecule is COc1c(C(=O)O)ccc(-c2ccc(C3(CO)CC3)cc2)c1F. The first-order valence-electron chi connectivity index (χ1n) is 7.34. The molecule has 0 spiro atoms. The molecule has 5 heteroatoms. The molecule has 2 aromatic rings. The van der Waals surface area contributed by atoms with E-state index in [9.17, 15) is 14.3 Å². The van der Waals surface area contributed by atoms with Crippen LogP contribution in [0.2, 0.25) is 0 Å². The monoisotopic (exact) mass is 316 g/mol. The van der Waals surface area contributed by atoms with E-state index in [1.165, 1.54) is 19.2 Å². The molecule has 4 nitrogen and oxygen atoms in total. The van der Waals surface area contributed by atoms with E-state index < -0.39 is 11.8 Å². The Morgan fingerprint density at radius 1 is 1.22 bits per heavy atom. The van der Waals surface area contributed by atoms with Crippen molar-refractivity contribution in [1.82, 2.24) is 0 Å². The topological polar surface area (TPSA) is 66.8 Å². The number of ether oxygens (including phenoxy) is 1. The molecule has 0 saturated heterocycles. The van der Waals surface area contributed by atoms with Gasteiger partial charge in [-0.1, -0.05) is 30.3 Å². The Morgan fingerprint density at radius 2 is 1.87 bits per heavy atom. The van der Waals surface area contributed by atoms with Crippen LogP contribution in [-0.4, -0.2) is 29.9 Å². The highest BCUT2D eigenvalue weighted by molar-refractivity contribution is 5.92. The molecule has 2 aromatic carbocycles. The van der Waals surface area contributed by atoms with Crippen LogP contribution in [0.4, 0.5) is 4.39 Å². The molecule has 1 saturated carbocycles. The van der Waals surface area contributed by atoms with Gasteiger partial charge in [0.15, 0.2) is 11.6 Å². The fraction of sp³-hybridized carbons (Fsp3) is 0.278. The number of carboxylic acids is 1. The van der Waals surface area contributed by atoms with Crippen LogP contribution >= 0.6 is 0 Å². The summed E-state index contributed by atoms with van der Waals surface area (Å²) in [4.78, 5) is 11.1. The van der Waals surface area contributed by atoms with Crippen molar-refractivity contribution in [2.45, 2.75) is 18.3 Å². The van der Waals surface area contributed by atoms with Gasteiger partial charge in [-0.15, -0.1) is 0 Å². The van der Waals surface area contributed by atoms with E-state index in [0.29, 0.717) is 5.56 Å². The molecule has 0 amide bonds. The van der Waals surface area contributed by atoms with E-state index in [1.54, 1.807) is 12.1 Å². The highest BCUT2D eigenvalue weighted by atomic mass is 19.1. The van der Waals surface area contributed by atoms with E-state index >= 15 is 0 Å². The molecule has 1 aliphatic rings. The molecular weight excluding hydrogens is 299 g/mol. The fourth-order valence-electron chi connectivity index (χ4n) is 2.84. The average molecular weight is 316 g/mol. The van der Waals surface area contributed by atoms with Gasteiger partial charge in [0.05, 0.1) is 13.7 Å². The summed E-state index contributed by atoms with van der Waals surface area (Å²) in [6.45, 7) is 0.113. The molecule has 2 N–H and O–H groups in total. The maximum atomic E-state index is 14.6. The van der Waals surface area contributed by atoms with Gasteiger partial charge < -0.3 is 14.9 Å². The van der Waals surface area contributed by atoms with Crippen LogP contribution in [0.1, 0.15) is 28.8 Å². The van der Waals surface area contributed by atoms with Crippen molar-refractivity contribution in [2.75, 3.05) is 13.7 Å². The lowest BCUT2D eigenvalue weighted by molar-refractivity contribution is 0.0692. The minimum atomic E-state index is -1.23. The number of halogens is 1. The number of aromatic carboxylic acids is 1. The Bertz CT molecular complexity index is 748. The molecule has 120 valence electrons. The molecule has 0 atom stereocenters. The van der Waals surface area contributed by atoms with Gasteiger partial charge in [0, 0.05) is 11.0 Å². The Hall–Kier alpha value is -2.40. The van der Waals surface area contributed by atoms with Crippen molar-refractivity contribution >= 4 is 5.97 Å². The summed E-state index contributed by atoms with van der Waals surface area (Å²) in [5.41, 5.74) is 1.62. The molecule has 3 rings (SSSR count). The Balaban J connectivity index is 2.00. The highest BCUT2D eigenvalue weighted by Crippen LogP contribution is 2.48. The first kappa shape index (κ1) is 15.5. The maximum Gasteiger partial charge on any atom is 0.339 e. The molecule has 0 heterocycles. The van der Waals surface area contributed by atoms with E-state index in [4.69, 9.17) is 9.84 Å². The van der Waals surface area contributed by atoms with Gasteiger partial charge in [0.25, 0.3) is 0 Å². The normalized spacial score (nSPS) is 15.3. The van der Waals surface area contributed by atoms with Gasteiger partial charge in [-0.05, 0) is 30.0 Å². The lowest BCUT2D eigenvalue weighted by atomic mass is 9.94. The van der Waals surface area contributed by atoms with Crippen LogP contribution < -0.4 is 4.74 Å². The number of carbonyl (C=O) groups is 1. The van der Waals surface area contributed by atoms with Crippen LogP contribution in [-0.2, 0) is 5.41 Å². The number of rotatable bonds is 5. The van der Waals surface area contributed by atoms with Crippen molar-refractivity contribution in [3.8, 4) is 16.9 Å². The summed E-state index contributed by atoms with van der Waals surface area (Å²) in [6.07, 6.45) is 1.91. The summed E-state index contributed by atoms with van der Waals surface area (Å²) >= 11 is 0. The second-order valence-corrected chi connectivity index (χ2v) is 5.83. The van der Waals surface area contributed by atoms with Crippen molar-refractivity contribution in [1.29, 1.82) is 0 Å². The number of methoxy groups -OCH3 is 1. The van der Waals surface area contributed by atoms with Crippen LogP contribution in [0.25, 0.3) is 11.1 Å². The molecule has 1 fully saturated rings. The lowest BCUT2D eigenvalue weighted by Crippen LogP contribution is -2.11. The third-order valence-corrected chi connectivity index (χ3v) is 4.50. The molecule has 0 bridgehead atoms. The Kier molecular flexibility index (Phi) is 3.82. The predicted octanol–water partition coefficient (Wildman–Crippen LogP) is 3.22. The van der Waals surface area contributed by atoms with Gasteiger partial charge in [0.1, 0.15) is 5.56 Å². The number of hydrogen-bond donors (Lipinski definition) is 2. The molecule has 0 unspecified atom stereocenters. The first-order chi connectivity index (χ1) is 11.0. The molecule has 0 radical (unpaired) electrons. The fourth-order valence-corrected chi connectivity index (χ4v) is 2.84. The van der Waals surface area contributed by atoms with Crippen LogP contribution in [0.3, 0.4) is 0 Å². The molecule has 0 aliphatic heterocycles. The van der Waals surface area contributed by atoms with Gasteiger partial charge in [-0.2, -0.15) is 0 Å². The average Bonchev–Trinajstić information content (AvgIpc) is 3.36. The number of hydrogen-bond acceptors (Lipinski definition) is 3. The van der Waals surface area contributed by atoms with Crippen molar-refractivity contribution in [3.05, 3.63) is 53.3 Å². The largest absolute Gasteiger partial charge is 0.493 e. The van der Waals surface area contributed by atoms with Gasteiger partial charge in [-0.25, -0.2) is 9.18 Å². The number of aliphatic hydroxyl groups excluding tert-OH is 1. The summed E-state index contributed by atoms with van der Waals surface area (Å²) in [5.74, 6) is -2.20. The first-order valence-corrected chi connectivity index (χ1v) is 7.34. The minimum absolute atomic E-state index is 0.113. The number of benzene rings is 2. The standard InChI is InChI=1S/C18H17FO4/c1-23-16-14(17(21)22)7-6-13(15(16)19)11-2-4-12(5-3-11)18(10-20)8-9-18/h2-7,20H,8-10H2,1H3,(H,21,22). The van der Waals surface area contributed by atoms with Crippen LogP contribution in [0.15, 0.2) is 36.4 Å². The quantitative estimate of drug-likeness (QED) is 0.889. The van der Waals surface area contributed by atoms with Crippen molar-refractivity contribution < 1.29 is 24.1 Å². The van der Waals surface area contributed by atoms with Crippen molar-refractivity contribution in [3.63, 3.8) is 0 Å². The molecule has 1 aliphatic carbocycles. The second kappa shape index (κ2) is 5.66. The summed E-state index contributed by atoms with van der Waals surface area (Å²) < 4.78 is 19.5. The zero-order valence-corrected chi connectivity index (χ0v) is 12.7. The second-order valence-electron chi connectivity index (χ2n) is 5.83. The Morgan fingerprint density at radius 3 is 2.35 bits per heavy atom. The zero-order valence-electron chi connectivity index (χ0n) is 12.7. The van der Waals surface area contributed by atoms with Crippen LogP contribution in [0.5, 0.6) is 5.75 Å². The van der Waals surface area contributed by atoms with E-state index in [0.717, 1.165) is 18.4 Å². The molecular formula is C18H17FO4. The summed E-state index contributed by atoms with van der Waals surface area (Å²) in [7, 11) is 1.25. The van der Waals surface area contributed by atoms with Gasteiger partial charge >= 0.3 is 5.97 Å². The minimum Gasteiger partial charge on any atom is -0.493 e. The third kappa shape index (κ3) is 2.57. The van der Waals surface area contributed by atoms with Gasteiger partial charge in [-0.3, -0.25) is 0 Å². The predicted molar refractivity (Wildman–Crippen MR) is 83.3 cm³/mol. The third-order valence-electron chi connectivity index (χ3n) is 4.50. The smallest absolute Gasteiger partial charge is 0.339 e. The molecule has 0 aromatic heterocycles. The molecule has 23 heavy (non-hydrogen) atoms.